The number of hydrogen-bond donors (Lipinski definition) is 0. The highest BCUT2D eigenvalue weighted by Crippen LogP contribution is 2.23. The van der Waals surface area contributed by atoms with Crippen LogP contribution in [0.25, 0.3) is 0 Å². The van der Waals surface area contributed by atoms with Crippen LogP contribution in [0.2, 0.25) is 0 Å². The number of imide groups is 1. The van der Waals surface area contributed by atoms with Gasteiger partial charge in [0, 0.05) is 12.8 Å². The largest absolute Gasteiger partial charge is 0.461 e. The van der Waals surface area contributed by atoms with Crippen LogP contribution >= 0.6 is 0 Å². The Morgan fingerprint density at radius 2 is 1.62 bits per heavy atom. The van der Waals surface area contributed by atoms with E-state index in [9.17, 15) is 14.4 Å². The summed E-state index contributed by atoms with van der Waals surface area (Å²) in [7, 11) is 0. The summed E-state index contributed by atoms with van der Waals surface area (Å²) in [6.07, 6.45) is 12.1. The fourth-order valence-electron chi connectivity index (χ4n) is 3.29. The average Bonchev–Trinajstić information content (AvgIpc) is 3.01. The van der Waals surface area contributed by atoms with Crippen LogP contribution in [0.1, 0.15) is 104 Å². The molecule has 0 radical (unpaired) electrons. The van der Waals surface area contributed by atoms with E-state index in [1.165, 1.54) is 38.5 Å². The predicted octanol–water partition coefficient (Wildman–Crippen LogP) is 4.77. The molecule has 0 aromatic rings. The first-order valence-corrected chi connectivity index (χ1v) is 10.6. The minimum absolute atomic E-state index is 0.188. The highest BCUT2D eigenvalue weighted by Gasteiger charge is 2.41. The van der Waals surface area contributed by atoms with Gasteiger partial charge in [0.2, 0.25) is 11.8 Å². The number of hydrogen-bond acceptors (Lipinski definition) is 4. The molecule has 1 saturated heterocycles. The third kappa shape index (κ3) is 7.88. The molecule has 0 spiro atoms. The molecule has 5 heteroatoms. The van der Waals surface area contributed by atoms with Crippen molar-refractivity contribution in [1.29, 1.82) is 0 Å². The Morgan fingerprint density at radius 1 is 1.04 bits per heavy atom. The minimum Gasteiger partial charge on any atom is -0.461 e. The van der Waals surface area contributed by atoms with Crippen molar-refractivity contribution < 1.29 is 19.1 Å². The van der Waals surface area contributed by atoms with E-state index in [0.717, 1.165) is 30.6 Å². The zero-order valence-electron chi connectivity index (χ0n) is 16.9. The second-order valence-electron chi connectivity index (χ2n) is 7.45. The van der Waals surface area contributed by atoms with Crippen LogP contribution in [0.5, 0.6) is 0 Å². The van der Waals surface area contributed by atoms with E-state index < -0.39 is 12.0 Å². The van der Waals surface area contributed by atoms with Crippen LogP contribution in [0.15, 0.2) is 0 Å². The number of ether oxygens (including phenoxy) is 1. The fourth-order valence-corrected chi connectivity index (χ4v) is 3.29. The second kappa shape index (κ2) is 12.9. The molecule has 0 saturated carbocycles. The van der Waals surface area contributed by atoms with Gasteiger partial charge in [-0.15, -0.1) is 0 Å². The molecule has 0 bridgehead atoms. The summed E-state index contributed by atoms with van der Waals surface area (Å²) < 4.78 is 5.32. The second-order valence-corrected chi connectivity index (χ2v) is 7.45. The number of esters is 1. The quantitative estimate of drug-likeness (QED) is 0.347. The Hall–Kier alpha value is -1.39. The topological polar surface area (TPSA) is 63.7 Å². The van der Waals surface area contributed by atoms with Gasteiger partial charge in [0.1, 0.15) is 6.04 Å². The molecule has 2 amide bonds. The van der Waals surface area contributed by atoms with Crippen LogP contribution in [0.4, 0.5) is 0 Å². The zero-order valence-corrected chi connectivity index (χ0v) is 16.9. The SMILES string of the molecule is CCCCCCCCCCCC(=O)N1C(=O)CCC1C(=O)OC(C)CC. The molecule has 26 heavy (non-hydrogen) atoms. The van der Waals surface area contributed by atoms with Crippen molar-refractivity contribution in [3.63, 3.8) is 0 Å². The molecule has 0 aliphatic carbocycles. The van der Waals surface area contributed by atoms with Crippen molar-refractivity contribution in [3.05, 3.63) is 0 Å². The van der Waals surface area contributed by atoms with Gasteiger partial charge in [-0.25, -0.2) is 4.79 Å². The molecular weight excluding hydrogens is 330 g/mol. The molecule has 0 aromatic carbocycles. The molecule has 1 aliphatic rings. The molecule has 1 aliphatic heterocycles. The van der Waals surface area contributed by atoms with Gasteiger partial charge in [-0.05, 0) is 26.2 Å². The summed E-state index contributed by atoms with van der Waals surface area (Å²) in [5.41, 5.74) is 0. The van der Waals surface area contributed by atoms with Crippen molar-refractivity contribution >= 4 is 17.8 Å². The summed E-state index contributed by atoms with van der Waals surface area (Å²) in [6, 6.07) is -0.720. The number of carbonyl (C=O) groups is 3. The van der Waals surface area contributed by atoms with Crippen molar-refractivity contribution in [2.24, 2.45) is 0 Å². The van der Waals surface area contributed by atoms with Gasteiger partial charge in [-0.3, -0.25) is 14.5 Å². The molecule has 1 heterocycles. The van der Waals surface area contributed by atoms with E-state index in [2.05, 4.69) is 6.92 Å². The van der Waals surface area contributed by atoms with Gasteiger partial charge in [-0.2, -0.15) is 0 Å². The van der Waals surface area contributed by atoms with Crippen molar-refractivity contribution in [2.45, 2.75) is 116 Å². The Balaban J connectivity index is 2.28. The lowest BCUT2D eigenvalue weighted by molar-refractivity contribution is -0.160. The highest BCUT2D eigenvalue weighted by atomic mass is 16.5. The van der Waals surface area contributed by atoms with Crippen molar-refractivity contribution in [1.82, 2.24) is 4.90 Å². The van der Waals surface area contributed by atoms with Crippen LogP contribution in [-0.2, 0) is 19.1 Å². The normalized spacial score (nSPS) is 18.2. The number of carbonyl (C=O) groups excluding carboxylic acids is 3. The van der Waals surface area contributed by atoms with Gasteiger partial charge in [0.25, 0.3) is 0 Å². The lowest BCUT2D eigenvalue weighted by Gasteiger charge is -2.23. The molecule has 5 nitrogen and oxygen atoms in total. The van der Waals surface area contributed by atoms with Gasteiger partial charge < -0.3 is 4.74 Å². The summed E-state index contributed by atoms with van der Waals surface area (Å²) >= 11 is 0. The monoisotopic (exact) mass is 367 g/mol. The van der Waals surface area contributed by atoms with E-state index in [-0.39, 0.29) is 24.3 Å². The summed E-state index contributed by atoms with van der Waals surface area (Å²) in [5, 5.41) is 0. The summed E-state index contributed by atoms with van der Waals surface area (Å²) in [4.78, 5) is 37.9. The lowest BCUT2D eigenvalue weighted by atomic mass is 10.1. The van der Waals surface area contributed by atoms with Crippen molar-refractivity contribution in [2.75, 3.05) is 0 Å². The summed E-state index contributed by atoms with van der Waals surface area (Å²) in [6.45, 7) is 5.98. The van der Waals surface area contributed by atoms with E-state index in [4.69, 9.17) is 4.74 Å². The first kappa shape index (κ1) is 22.7. The summed E-state index contributed by atoms with van der Waals surface area (Å²) in [5.74, 6) is -0.899. The van der Waals surface area contributed by atoms with E-state index in [0.29, 0.717) is 12.8 Å². The van der Waals surface area contributed by atoms with Gasteiger partial charge in [0.15, 0.2) is 0 Å². The van der Waals surface area contributed by atoms with Gasteiger partial charge in [-0.1, -0.05) is 65.2 Å². The number of nitrogens with zero attached hydrogens (tertiary/aromatic N) is 1. The first-order valence-electron chi connectivity index (χ1n) is 10.6. The molecule has 1 fully saturated rings. The Kier molecular flexibility index (Phi) is 11.2. The van der Waals surface area contributed by atoms with Gasteiger partial charge >= 0.3 is 5.97 Å². The molecule has 2 unspecified atom stereocenters. The van der Waals surface area contributed by atoms with Crippen LogP contribution in [-0.4, -0.2) is 34.8 Å². The fraction of sp³-hybridized carbons (Fsp3) is 0.857. The predicted molar refractivity (Wildman–Crippen MR) is 103 cm³/mol. The van der Waals surface area contributed by atoms with Crippen molar-refractivity contribution in [3.8, 4) is 0 Å². The third-order valence-electron chi connectivity index (χ3n) is 5.14. The molecule has 1 rings (SSSR count). The molecule has 2 atom stereocenters. The molecule has 0 aromatic heterocycles. The first-order chi connectivity index (χ1) is 12.5. The van der Waals surface area contributed by atoms with Crippen LogP contribution < -0.4 is 0 Å². The van der Waals surface area contributed by atoms with E-state index in [1.807, 2.05) is 13.8 Å². The maximum absolute atomic E-state index is 12.4. The van der Waals surface area contributed by atoms with E-state index in [1.54, 1.807) is 0 Å². The highest BCUT2D eigenvalue weighted by molar-refractivity contribution is 6.01. The van der Waals surface area contributed by atoms with Crippen LogP contribution in [0, 0.1) is 0 Å². The lowest BCUT2D eigenvalue weighted by Crippen LogP contribution is -2.44. The zero-order chi connectivity index (χ0) is 19.4. The van der Waals surface area contributed by atoms with E-state index >= 15 is 0 Å². The standard InChI is InChI=1S/C21H37NO4/c1-4-6-7-8-9-10-11-12-13-14-19(23)22-18(15-16-20(22)24)21(25)26-17(3)5-2/h17-18H,4-16H2,1-3H3. The number of rotatable bonds is 13. The molecule has 0 N–H and O–H groups in total. The smallest absolute Gasteiger partial charge is 0.329 e. The number of unbranched alkanes of at least 4 members (excludes halogenated alkanes) is 8. The third-order valence-corrected chi connectivity index (χ3v) is 5.14. The number of amides is 2. The minimum atomic E-state index is -0.720. The Labute approximate surface area is 158 Å². The number of likely N-dealkylation sites (tertiary alicyclic amines) is 1. The average molecular weight is 368 g/mol. The maximum atomic E-state index is 12.4. The maximum Gasteiger partial charge on any atom is 0.329 e. The van der Waals surface area contributed by atoms with Crippen LogP contribution in [0.3, 0.4) is 0 Å². The molecule has 150 valence electrons. The van der Waals surface area contributed by atoms with Gasteiger partial charge in [0.05, 0.1) is 6.10 Å². The Morgan fingerprint density at radius 3 is 2.19 bits per heavy atom. The molecular formula is C21H37NO4. The Bertz CT molecular complexity index is 449.